The highest BCUT2D eigenvalue weighted by molar-refractivity contribution is 5.51. The van der Waals surface area contributed by atoms with E-state index in [0.717, 1.165) is 18.8 Å². The zero-order valence-electron chi connectivity index (χ0n) is 9.35. The van der Waals surface area contributed by atoms with Crippen molar-refractivity contribution in [1.82, 2.24) is 9.78 Å². The topological polar surface area (TPSA) is 73.4 Å². The van der Waals surface area contributed by atoms with E-state index in [-0.39, 0.29) is 12.1 Å². The van der Waals surface area contributed by atoms with Crippen molar-refractivity contribution in [2.24, 2.45) is 12.8 Å². The SMILES string of the molecule is Cn1ncc(N2CCOCC2)c(CN)c1=O. The molecule has 0 spiro atoms. The summed E-state index contributed by atoms with van der Waals surface area (Å²) in [4.78, 5) is 13.9. The van der Waals surface area contributed by atoms with Gasteiger partial charge in [0.1, 0.15) is 0 Å². The first-order valence-electron chi connectivity index (χ1n) is 5.32. The summed E-state index contributed by atoms with van der Waals surface area (Å²) in [6.07, 6.45) is 1.70. The van der Waals surface area contributed by atoms with Crippen molar-refractivity contribution in [3.63, 3.8) is 0 Å². The van der Waals surface area contributed by atoms with Crippen molar-refractivity contribution in [2.75, 3.05) is 31.2 Å². The summed E-state index contributed by atoms with van der Waals surface area (Å²) in [5.41, 5.74) is 6.98. The highest BCUT2D eigenvalue weighted by atomic mass is 16.5. The minimum Gasteiger partial charge on any atom is -0.378 e. The summed E-state index contributed by atoms with van der Waals surface area (Å²) in [5, 5.41) is 4.03. The van der Waals surface area contributed by atoms with Gasteiger partial charge in [0.25, 0.3) is 5.56 Å². The van der Waals surface area contributed by atoms with Gasteiger partial charge in [-0.3, -0.25) is 4.79 Å². The van der Waals surface area contributed by atoms with Crippen molar-refractivity contribution in [3.05, 3.63) is 22.1 Å². The fraction of sp³-hybridized carbons (Fsp3) is 0.600. The monoisotopic (exact) mass is 224 g/mol. The van der Waals surface area contributed by atoms with Crippen molar-refractivity contribution < 1.29 is 4.74 Å². The smallest absolute Gasteiger partial charge is 0.273 e. The van der Waals surface area contributed by atoms with E-state index in [1.807, 2.05) is 0 Å². The molecule has 1 fully saturated rings. The molecule has 0 atom stereocenters. The van der Waals surface area contributed by atoms with E-state index in [1.54, 1.807) is 13.2 Å². The molecular formula is C10H16N4O2. The largest absolute Gasteiger partial charge is 0.378 e. The third-order valence-corrected chi connectivity index (χ3v) is 2.77. The summed E-state index contributed by atoms with van der Waals surface area (Å²) in [5.74, 6) is 0. The second-order valence-corrected chi connectivity index (χ2v) is 3.74. The molecule has 0 bridgehead atoms. The van der Waals surface area contributed by atoms with Crippen molar-refractivity contribution in [1.29, 1.82) is 0 Å². The number of hydrogen-bond acceptors (Lipinski definition) is 5. The van der Waals surface area contributed by atoms with Gasteiger partial charge in [0, 0.05) is 26.7 Å². The predicted octanol–water partition coefficient (Wildman–Crippen LogP) is -0.924. The Hall–Kier alpha value is -1.40. The fourth-order valence-electron chi connectivity index (χ4n) is 1.85. The summed E-state index contributed by atoms with van der Waals surface area (Å²) >= 11 is 0. The zero-order valence-corrected chi connectivity index (χ0v) is 9.35. The number of aryl methyl sites for hydroxylation is 1. The molecule has 1 aromatic heterocycles. The highest BCUT2D eigenvalue weighted by Gasteiger charge is 2.17. The molecule has 0 amide bonds. The van der Waals surface area contributed by atoms with Crippen LogP contribution in [0.25, 0.3) is 0 Å². The van der Waals surface area contributed by atoms with Crippen LogP contribution >= 0.6 is 0 Å². The van der Waals surface area contributed by atoms with Crippen LogP contribution in [0.2, 0.25) is 0 Å². The number of morpholine rings is 1. The highest BCUT2D eigenvalue weighted by Crippen LogP contribution is 2.16. The number of anilines is 1. The summed E-state index contributed by atoms with van der Waals surface area (Å²) in [7, 11) is 1.63. The minimum absolute atomic E-state index is 0.119. The quantitative estimate of drug-likeness (QED) is 0.703. The molecule has 6 heteroatoms. The Bertz CT molecular complexity index is 423. The molecule has 0 aliphatic carbocycles. The van der Waals surface area contributed by atoms with Gasteiger partial charge in [-0.2, -0.15) is 5.10 Å². The van der Waals surface area contributed by atoms with Crippen molar-refractivity contribution >= 4 is 5.69 Å². The van der Waals surface area contributed by atoms with Gasteiger partial charge >= 0.3 is 0 Å². The number of aromatic nitrogens is 2. The molecule has 2 N–H and O–H groups in total. The molecule has 1 aliphatic heterocycles. The van der Waals surface area contributed by atoms with Crippen LogP contribution in [-0.2, 0) is 18.3 Å². The van der Waals surface area contributed by atoms with Gasteiger partial charge in [0.15, 0.2) is 0 Å². The Morgan fingerprint density at radius 2 is 2.19 bits per heavy atom. The number of hydrogen-bond donors (Lipinski definition) is 1. The normalized spacial score (nSPS) is 16.5. The lowest BCUT2D eigenvalue weighted by atomic mass is 10.2. The second-order valence-electron chi connectivity index (χ2n) is 3.74. The second kappa shape index (κ2) is 4.63. The molecule has 0 saturated carbocycles. The van der Waals surface area contributed by atoms with Gasteiger partial charge in [-0.1, -0.05) is 0 Å². The maximum atomic E-state index is 11.8. The molecule has 2 heterocycles. The molecule has 0 aromatic carbocycles. The van der Waals surface area contributed by atoms with E-state index in [2.05, 4.69) is 10.00 Å². The van der Waals surface area contributed by atoms with Crippen LogP contribution in [0.15, 0.2) is 11.0 Å². The molecule has 2 rings (SSSR count). The van der Waals surface area contributed by atoms with Gasteiger partial charge in [-0.25, -0.2) is 4.68 Å². The number of rotatable bonds is 2. The lowest BCUT2D eigenvalue weighted by molar-refractivity contribution is 0.122. The Balaban J connectivity index is 2.39. The van der Waals surface area contributed by atoms with Crippen LogP contribution in [0, 0.1) is 0 Å². The minimum atomic E-state index is -0.119. The number of ether oxygens (including phenoxy) is 1. The van der Waals surface area contributed by atoms with Crippen molar-refractivity contribution in [2.45, 2.75) is 6.54 Å². The van der Waals surface area contributed by atoms with E-state index >= 15 is 0 Å². The molecular weight excluding hydrogens is 208 g/mol. The van der Waals surface area contributed by atoms with E-state index in [0.29, 0.717) is 18.8 Å². The molecule has 6 nitrogen and oxygen atoms in total. The lowest BCUT2D eigenvalue weighted by Crippen LogP contribution is -2.39. The third-order valence-electron chi connectivity index (χ3n) is 2.77. The Morgan fingerprint density at radius 1 is 1.50 bits per heavy atom. The van der Waals surface area contributed by atoms with Gasteiger partial charge in [0.2, 0.25) is 0 Å². The van der Waals surface area contributed by atoms with Crippen LogP contribution in [-0.4, -0.2) is 36.1 Å². The molecule has 1 saturated heterocycles. The van der Waals surface area contributed by atoms with Crippen LogP contribution in [0.5, 0.6) is 0 Å². The lowest BCUT2D eigenvalue weighted by Gasteiger charge is -2.29. The van der Waals surface area contributed by atoms with Crippen LogP contribution in [0.4, 0.5) is 5.69 Å². The number of nitrogens with zero attached hydrogens (tertiary/aromatic N) is 3. The summed E-state index contributed by atoms with van der Waals surface area (Å²) < 4.78 is 6.58. The van der Waals surface area contributed by atoms with Gasteiger partial charge < -0.3 is 15.4 Å². The maximum Gasteiger partial charge on any atom is 0.273 e. The Labute approximate surface area is 93.6 Å². The zero-order chi connectivity index (χ0) is 11.5. The molecule has 1 aliphatic rings. The summed E-state index contributed by atoms with van der Waals surface area (Å²) in [6, 6.07) is 0. The first-order chi connectivity index (χ1) is 7.74. The first kappa shape index (κ1) is 11.1. The average Bonchev–Trinajstić information content (AvgIpc) is 2.33. The summed E-state index contributed by atoms with van der Waals surface area (Å²) in [6.45, 7) is 3.16. The Kier molecular flexibility index (Phi) is 3.21. The van der Waals surface area contributed by atoms with E-state index in [4.69, 9.17) is 10.5 Å². The predicted molar refractivity (Wildman–Crippen MR) is 60.4 cm³/mol. The van der Waals surface area contributed by atoms with Crippen LogP contribution < -0.4 is 16.2 Å². The average molecular weight is 224 g/mol. The third kappa shape index (κ3) is 1.94. The molecule has 16 heavy (non-hydrogen) atoms. The standard InChI is InChI=1S/C10H16N4O2/c1-13-10(15)8(6-11)9(7-12-13)14-2-4-16-5-3-14/h7H,2-6,11H2,1H3. The molecule has 88 valence electrons. The van der Waals surface area contributed by atoms with Gasteiger partial charge in [0.05, 0.1) is 30.7 Å². The number of nitrogens with two attached hydrogens (primary N) is 1. The van der Waals surface area contributed by atoms with Gasteiger partial charge in [-0.15, -0.1) is 0 Å². The molecule has 1 aromatic rings. The van der Waals surface area contributed by atoms with E-state index in [9.17, 15) is 4.79 Å². The van der Waals surface area contributed by atoms with Crippen LogP contribution in [0.3, 0.4) is 0 Å². The van der Waals surface area contributed by atoms with E-state index in [1.165, 1.54) is 4.68 Å². The van der Waals surface area contributed by atoms with Crippen molar-refractivity contribution in [3.8, 4) is 0 Å². The molecule has 0 radical (unpaired) electrons. The van der Waals surface area contributed by atoms with Crippen LogP contribution in [0.1, 0.15) is 5.56 Å². The molecule has 0 unspecified atom stereocenters. The Morgan fingerprint density at radius 3 is 2.81 bits per heavy atom. The van der Waals surface area contributed by atoms with E-state index < -0.39 is 0 Å². The maximum absolute atomic E-state index is 11.8. The first-order valence-corrected chi connectivity index (χ1v) is 5.32. The fourth-order valence-corrected chi connectivity index (χ4v) is 1.85. The van der Waals surface area contributed by atoms with Gasteiger partial charge in [-0.05, 0) is 0 Å².